The molecule has 0 aliphatic rings. The Kier molecular flexibility index (Phi) is 3.55. The zero-order valence-corrected chi connectivity index (χ0v) is 12.1. The third kappa shape index (κ3) is 2.90. The highest BCUT2D eigenvalue weighted by Crippen LogP contribution is 2.36. The summed E-state index contributed by atoms with van der Waals surface area (Å²) < 4.78 is 39.2. The van der Waals surface area contributed by atoms with E-state index < -0.39 is 11.7 Å². The van der Waals surface area contributed by atoms with Crippen molar-refractivity contribution in [3.8, 4) is 22.8 Å². The van der Waals surface area contributed by atoms with E-state index in [4.69, 9.17) is 5.73 Å². The fourth-order valence-electron chi connectivity index (χ4n) is 2.23. The Balaban J connectivity index is 2.05. The minimum Gasteiger partial charge on any atom is -0.398 e. The van der Waals surface area contributed by atoms with E-state index in [2.05, 4.69) is 15.2 Å². The van der Waals surface area contributed by atoms with Crippen molar-refractivity contribution >= 4 is 5.69 Å². The molecular formula is C16H13F3N4. The first-order valence-corrected chi connectivity index (χ1v) is 6.82. The highest BCUT2D eigenvalue weighted by atomic mass is 19.4. The van der Waals surface area contributed by atoms with Gasteiger partial charge in [0.15, 0.2) is 11.6 Å². The molecule has 0 unspecified atom stereocenters. The maximum atomic E-state index is 13.1. The molecule has 3 N–H and O–H groups in total. The van der Waals surface area contributed by atoms with Crippen LogP contribution in [-0.4, -0.2) is 15.2 Å². The van der Waals surface area contributed by atoms with Gasteiger partial charge in [-0.1, -0.05) is 30.3 Å². The summed E-state index contributed by atoms with van der Waals surface area (Å²) in [6.45, 7) is 1.86. The molecule has 7 heteroatoms. The number of nitrogens with zero attached hydrogens (tertiary/aromatic N) is 2. The standard InChI is InChI=1S/C16H13F3N4/c1-9-6-7-10(8-13(9)20)14-21-15(23-22-14)11-4-2-3-5-12(11)16(17,18)19/h2-8H,20H2,1H3,(H,21,22,23). The maximum absolute atomic E-state index is 13.1. The van der Waals surface area contributed by atoms with Crippen molar-refractivity contribution in [1.82, 2.24) is 15.2 Å². The number of nitrogen functional groups attached to an aromatic ring is 1. The molecule has 0 saturated heterocycles. The lowest BCUT2D eigenvalue weighted by molar-refractivity contribution is -0.137. The summed E-state index contributed by atoms with van der Waals surface area (Å²) in [5.41, 5.74) is 7.16. The summed E-state index contributed by atoms with van der Waals surface area (Å²) in [7, 11) is 0. The molecular weight excluding hydrogens is 305 g/mol. The summed E-state index contributed by atoms with van der Waals surface area (Å²) in [5.74, 6) is 0.357. The van der Waals surface area contributed by atoms with Gasteiger partial charge in [0, 0.05) is 16.8 Å². The number of benzene rings is 2. The zero-order valence-electron chi connectivity index (χ0n) is 12.1. The van der Waals surface area contributed by atoms with E-state index in [1.54, 1.807) is 12.1 Å². The first kappa shape index (κ1) is 15.1. The Morgan fingerprint density at radius 3 is 2.52 bits per heavy atom. The van der Waals surface area contributed by atoms with Crippen LogP contribution in [0.25, 0.3) is 22.8 Å². The number of aromatic nitrogens is 3. The van der Waals surface area contributed by atoms with Gasteiger partial charge in [0.25, 0.3) is 0 Å². The third-order valence-electron chi connectivity index (χ3n) is 3.51. The van der Waals surface area contributed by atoms with Gasteiger partial charge in [-0.15, -0.1) is 0 Å². The molecule has 1 heterocycles. The molecule has 1 aromatic heterocycles. The van der Waals surface area contributed by atoms with Crippen LogP contribution < -0.4 is 5.73 Å². The van der Waals surface area contributed by atoms with Crippen LogP contribution >= 0.6 is 0 Å². The molecule has 4 nitrogen and oxygen atoms in total. The molecule has 0 spiro atoms. The molecule has 0 bridgehead atoms. The van der Waals surface area contributed by atoms with Gasteiger partial charge in [-0.2, -0.15) is 18.3 Å². The largest absolute Gasteiger partial charge is 0.417 e. The van der Waals surface area contributed by atoms with Gasteiger partial charge < -0.3 is 5.73 Å². The van der Waals surface area contributed by atoms with Crippen LogP contribution in [0.5, 0.6) is 0 Å². The second kappa shape index (κ2) is 5.42. The Bertz CT molecular complexity index is 853. The molecule has 0 aliphatic carbocycles. The molecule has 2 aromatic carbocycles. The lowest BCUT2D eigenvalue weighted by Gasteiger charge is -2.10. The van der Waals surface area contributed by atoms with Crippen molar-refractivity contribution < 1.29 is 13.2 Å². The third-order valence-corrected chi connectivity index (χ3v) is 3.51. The summed E-state index contributed by atoms with van der Waals surface area (Å²) >= 11 is 0. The number of alkyl halides is 3. The first-order chi connectivity index (χ1) is 10.9. The summed E-state index contributed by atoms with van der Waals surface area (Å²) in [6, 6.07) is 10.5. The molecule has 118 valence electrons. The summed E-state index contributed by atoms with van der Waals surface area (Å²) in [5, 5.41) is 6.56. The molecule has 23 heavy (non-hydrogen) atoms. The number of nitrogens with two attached hydrogens (primary N) is 1. The second-order valence-corrected chi connectivity index (χ2v) is 5.12. The zero-order chi connectivity index (χ0) is 16.6. The van der Waals surface area contributed by atoms with E-state index in [0.29, 0.717) is 17.1 Å². The Morgan fingerprint density at radius 2 is 1.83 bits per heavy atom. The van der Waals surface area contributed by atoms with Crippen molar-refractivity contribution in [2.75, 3.05) is 5.73 Å². The van der Waals surface area contributed by atoms with Crippen LogP contribution in [0.3, 0.4) is 0 Å². The average Bonchev–Trinajstić information content (AvgIpc) is 2.99. The van der Waals surface area contributed by atoms with E-state index in [0.717, 1.165) is 11.6 Å². The van der Waals surface area contributed by atoms with E-state index in [-0.39, 0.29) is 11.4 Å². The molecule has 0 radical (unpaired) electrons. The van der Waals surface area contributed by atoms with Gasteiger partial charge in [-0.3, -0.25) is 5.10 Å². The van der Waals surface area contributed by atoms with Gasteiger partial charge >= 0.3 is 6.18 Å². The Morgan fingerprint density at radius 1 is 1.09 bits per heavy atom. The van der Waals surface area contributed by atoms with E-state index >= 15 is 0 Å². The number of hydrogen-bond donors (Lipinski definition) is 2. The minimum absolute atomic E-state index is 0.0427. The van der Waals surface area contributed by atoms with Crippen LogP contribution in [0, 0.1) is 6.92 Å². The highest BCUT2D eigenvalue weighted by molar-refractivity contribution is 5.67. The second-order valence-electron chi connectivity index (χ2n) is 5.12. The van der Waals surface area contributed by atoms with E-state index in [1.807, 2.05) is 13.0 Å². The molecule has 3 aromatic rings. The van der Waals surface area contributed by atoms with Crippen molar-refractivity contribution in [3.63, 3.8) is 0 Å². The Hall–Kier alpha value is -2.83. The van der Waals surface area contributed by atoms with Crippen LogP contribution in [0.1, 0.15) is 11.1 Å². The normalized spacial score (nSPS) is 11.7. The molecule has 0 saturated carbocycles. The number of anilines is 1. The van der Waals surface area contributed by atoms with Gasteiger partial charge in [-0.25, -0.2) is 4.98 Å². The molecule has 0 fully saturated rings. The number of nitrogens with one attached hydrogen (secondary N) is 1. The van der Waals surface area contributed by atoms with Gasteiger partial charge in [-0.05, 0) is 24.6 Å². The average molecular weight is 318 g/mol. The van der Waals surface area contributed by atoms with Crippen molar-refractivity contribution in [2.45, 2.75) is 13.1 Å². The van der Waals surface area contributed by atoms with Crippen LogP contribution in [0.4, 0.5) is 18.9 Å². The topological polar surface area (TPSA) is 67.6 Å². The molecule has 0 aliphatic heterocycles. The Labute approximate surface area is 130 Å². The first-order valence-electron chi connectivity index (χ1n) is 6.82. The number of aromatic amines is 1. The van der Waals surface area contributed by atoms with Crippen molar-refractivity contribution in [3.05, 3.63) is 53.6 Å². The van der Waals surface area contributed by atoms with Gasteiger partial charge in [0.05, 0.1) is 5.56 Å². The number of halogens is 3. The number of H-pyrrole nitrogens is 1. The molecule has 0 atom stereocenters. The fraction of sp³-hybridized carbons (Fsp3) is 0.125. The predicted octanol–water partition coefficient (Wildman–Crippen LogP) is 4.05. The monoisotopic (exact) mass is 318 g/mol. The quantitative estimate of drug-likeness (QED) is 0.701. The van der Waals surface area contributed by atoms with Gasteiger partial charge in [0.1, 0.15) is 0 Å². The maximum Gasteiger partial charge on any atom is 0.417 e. The molecule has 0 amide bonds. The summed E-state index contributed by atoms with van der Waals surface area (Å²) in [6.07, 6.45) is -4.46. The van der Waals surface area contributed by atoms with Crippen molar-refractivity contribution in [1.29, 1.82) is 0 Å². The lowest BCUT2D eigenvalue weighted by Crippen LogP contribution is -2.07. The minimum atomic E-state index is -4.46. The van der Waals surface area contributed by atoms with Crippen LogP contribution in [-0.2, 0) is 6.18 Å². The number of hydrogen-bond acceptors (Lipinski definition) is 3. The van der Waals surface area contributed by atoms with Crippen LogP contribution in [0.15, 0.2) is 42.5 Å². The predicted molar refractivity (Wildman–Crippen MR) is 81.4 cm³/mol. The van der Waals surface area contributed by atoms with Gasteiger partial charge in [0.2, 0.25) is 0 Å². The fourth-order valence-corrected chi connectivity index (χ4v) is 2.23. The van der Waals surface area contributed by atoms with E-state index in [9.17, 15) is 13.2 Å². The molecule has 3 rings (SSSR count). The lowest BCUT2D eigenvalue weighted by atomic mass is 10.1. The van der Waals surface area contributed by atoms with Crippen molar-refractivity contribution in [2.24, 2.45) is 0 Å². The summed E-state index contributed by atoms with van der Waals surface area (Å²) in [4.78, 5) is 4.17. The van der Waals surface area contributed by atoms with E-state index in [1.165, 1.54) is 18.2 Å². The number of aryl methyl sites for hydroxylation is 1. The smallest absolute Gasteiger partial charge is 0.398 e. The number of rotatable bonds is 2. The highest BCUT2D eigenvalue weighted by Gasteiger charge is 2.34. The van der Waals surface area contributed by atoms with Crippen LogP contribution in [0.2, 0.25) is 0 Å². The SMILES string of the molecule is Cc1ccc(-c2n[nH]c(-c3ccccc3C(F)(F)F)n2)cc1N.